The highest BCUT2D eigenvalue weighted by Crippen LogP contribution is 2.14. The maximum absolute atomic E-state index is 10.7. The first-order valence-corrected chi connectivity index (χ1v) is 6.22. The van der Waals surface area contributed by atoms with Crippen molar-refractivity contribution < 1.29 is 19.4 Å². The van der Waals surface area contributed by atoms with E-state index in [1.165, 1.54) is 0 Å². The smallest absolute Gasteiger partial charge is 0.335 e. The normalized spacial score (nSPS) is 10.2. The molecule has 0 aliphatic rings. The standard InChI is InChI=1S/C16H16O4/c1-19-15-4-2-3-13(9-15)11-20-10-12-5-7-14(8-6-12)16(17)18/h2-9H,10-11H2,1H3,(H,17,18). The van der Waals surface area contributed by atoms with Crippen molar-refractivity contribution in [2.24, 2.45) is 0 Å². The molecule has 20 heavy (non-hydrogen) atoms. The summed E-state index contributed by atoms with van der Waals surface area (Å²) >= 11 is 0. The first-order valence-electron chi connectivity index (χ1n) is 6.22. The number of hydrogen-bond donors (Lipinski definition) is 1. The number of carboxylic acids is 1. The summed E-state index contributed by atoms with van der Waals surface area (Å²) in [7, 11) is 1.63. The number of carboxylic acid groups (broad SMARTS) is 1. The van der Waals surface area contributed by atoms with Gasteiger partial charge in [0.1, 0.15) is 5.75 Å². The van der Waals surface area contributed by atoms with Crippen molar-refractivity contribution in [3.63, 3.8) is 0 Å². The zero-order chi connectivity index (χ0) is 14.4. The van der Waals surface area contributed by atoms with Crippen LogP contribution in [-0.4, -0.2) is 18.2 Å². The number of carbonyl (C=O) groups is 1. The lowest BCUT2D eigenvalue weighted by molar-refractivity contribution is 0.0696. The second-order valence-corrected chi connectivity index (χ2v) is 4.35. The highest BCUT2D eigenvalue weighted by Gasteiger charge is 2.02. The molecule has 0 aromatic heterocycles. The minimum atomic E-state index is -0.922. The average molecular weight is 272 g/mol. The van der Waals surface area contributed by atoms with Gasteiger partial charge in [0.15, 0.2) is 0 Å². The van der Waals surface area contributed by atoms with Crippen molar-refractivity contribution in [3.8, 4) is 5.75 Å². The second-order valence-electron chi connectivity index (χ2n) is 4.35. The van der Waals surface area contributed by atoms with E-state index < -0.39 is 5.97 Å². The fraction of sp³-hybridized carbons (Fsp3) is 0.188. The maximum atomic E-state index is 10.7. The van der Waals surface area contributed by atoms with Crippen LogP contribution in [0, 0.1) is 0 Å². The summed E-state index contributed by atoms with van der Waals surface area (Å²) < 4.78 is 10.7. The number of methoxy groups -OCH3 is 1. The molecule has 0 amide bonds. The van der Waals surface area contributed by atoms with Crippen LogP contribution in [0.15, 0.2) is 48.5 Å². The molecule has 0 atom stereocenters. The van der Waals surface area contributed by atoms with Gasteiger partial charge >= 0.3 is 5.97 Å². The third-order valence-corrected chi connectivity index (χ3v) is 2.87. The van der Waals surface area contributed by atoms with E-state index in [1.807, 2.05) is 24.3 Å². The van der Waals surface area contributed by atoms with E-state index in [0.29, 0.717) is 13.2 Å². The van der Waals surface area contributed by atoms with Gasteiger partial charge in [-0.2, -0.15) is 0 Å². The molecule has 0 saturated carbocycles. The molecule has 0 aliphatic carbocycles. The molecule has 4 heteroatoms. The molecule has 0 fully saturated rings. The summed E-state index contributed by atoms with van der Waals surface area (Å²) in [5, 5.41) is 8.81. The van der Waals surface area contributed by atoms with Crippen molar-refractivity contribution in [1.29, 1.82) is 0 Å². The lowest BCUT2D eigenvalue weighted by Gasteiger charge is -2.06. The highest BCUT2D eigenvalue weighted by molar-refractivity contribution is 5.87. The van der Waals surface area contributed by atoms with Crippen LogP contribution >= 0.6 is 0 Å². The fourth-order valence-corrected chi connectivity index (χ4v) is 1.79. The van der Waals surface area contributed by atoms with E-state index in [9.17, 15) is 4.79 Å². The predicted molar refractivity (Wildman–Crippen MR) is 74.9 cm³/mol. The van der Waals surface area contributed by atoms with Gasteiger partial charge in [0.25, 0.3) is 0 Å². The van der Waals surface area contributed by atoms with Crippen LogP contribution in [0.2, 0.25) is 0 Å². The maximum Gasteiger partial charge on any atom is 0.335 e. The number of benzene rings is 2. The van der Waals surface area contributed by atoms with Crippen LogP contribution in [-0.2, 0) is 18.0 Å². The molecule has 104 valence electrons. The van der Waals surface area contributed by atoms with Gasteiger partial charge in [-0.3, -0.25) is 0 Å². The van der Waals surface area contributed by atoms with E-state index in [2.05, 4.69) is 0 Å². The van der Waals surface area contributed by atoms with Gasteiger partial charge in [-0.05, 0) is 35.4 Å². The third-order valence-electron chi connectivity index (χ3n) is 2.87. The molecule has 0 saturated heterocycles. The van der Waals surface area contributed by atoms with Crippen LogP contribution in [0.3, 0.4) is 0 Å². The van der Waals surface area contributed by atoms with Gasteiger partial charge in [-0.1, -0.05) is 24.3 Å². The SMILES string of the molecule is COc1cccc(COCc2ccc(C(=O)O)cc2)c1. The zero-order valence-corrected chi connectivity index (χ0v) is 11.2. The minimum Gasteiger partial charge on any atom is -0.497 e. The Morgan fingerprint density at radius 3 is 2.40 bits per heavy atom. The molecule has 2 rings (SSSR count). The van der Waals surface area contributed by atoms with Crippen LogP contribution < -0.4 is 4.74 Å². The van der Waals surface area contributed by atoms with E-state index in [0.717, 1.165) is 16.9 Å². The Kier molecular flexibility index (Phi) is 4.74. The highest BCUT2D eigenvalue weighted by atomic mass is 16.5. The van der Waals surface area contributed by atoms with Crippen molar-refractivity contribution in [1.82, 2.24) is 0 Å². The molecule has 0 unspecified atom stereocenters. The Hall–Kier alpha value is -2.33. The van der Waals surface area contributed by atoms with Gasteiger partial charge in [0.2, 0.25) is 0 Å². The van der Waals surface area contributed by atoms with E-state index in [-0.39, 0.29) is 5.56 Å². The summed E-state index contributed by atoms with van der Waals surface area (Å²) in [6.07, 6.45) is 0. The molecule has 4 nitrogen and oxygen atoms in total. The molecular weight excluding hydrogens is 256 g/mol. The van der Waals surface area contributed by atoms with Crippen LogP contribution in [0.4, 0.5) is 0 Å². The largest absolute Gasteiger partial charge is 0.497 e. The first kappa shape index (κ1) is 14.1. The molecule has 0 spiro atoms. The summed E-state index contributed by atoms with van der Waals surface area (Å²) in [6, 6.07) is 14.4. The lowest BCUT2D eigenvalue weighted by atomic mass is 10.1. The fourth-order valence-electron chi connectivity index (χ4n) is 1.79. The third kappa shape index (κ3) is 3.83. The Balaban J connectivity index is 1.87. The Bertz CT molecular complexity index is 575. The summed E-state index contributed by atoms with van der Waals surface area (Å²) in [4.78, 5) is 10.7. The molecule has 1 N–H and O–H groups in total. The Morgan fingerprint density at radius 1 is 1.05 bits per heavy atom. The van der Waals surface area contributed by atoms with Crippen LogP contribution in [0.5, 0.6) is 5.75 Å². The molecule has 2 aromatic rings. The quantitative estimate of drug-likeness (QED) is 0.877. The molecule has 0 radical (unpaired) electrons. The number of aromatic carboxylic acids is 1. The van der Waals surface area contributed by atoms with Crippen molar-refractivity contribution in [2.45, 2.75) is 13.2 Å². The van der Waals surface area contributed by atoms with Gasteiger partial charge in [0, 0.05) is 0 Å². The van der Waals surface area contributed by atoms with Crippen molar-refractivity contribution in [3.05, 3.63) is 65.2 Å². The van der Waals surface area contributed by atoms with Gasteiger partial charge in [0.05, 0.1) is 25.9 Å². The Morgan fingerprint density at radius 2 is 1.75 bits per heavy atom. The number of rotatable bonds is 6. The zero-order valence-electron chi connectivity index (χ0n) is 11.2. The second kappa shape index (κ2) is 6.73. The molecule has 0 heterocycles. The monoisotopic (exact) mass is 272 g/mol. The molecular formula is C16H16O4. The number of ether oxygens (including phenoxy) is 2. The summed E-state index contributed by atoms with van der Waals surface area (Å²) in [5.74, 6) is -0.120. The molecule has 0 aliphatic heterocycles. The summed E-state index contributed by atoms with van der Waals surface area (Å²) in [5.41, 5.74) is 2.26. The first-order chi connectivity index (χ1) is 9.69. The minimum absolute atomic E-state index is 0.279. The topological polar surface area (TPSA) is 55.8 Å². The molecule has 2 aromatic carbocycles. The van der Waals surface area contributed by atoms with Crippen molar-refractivity contribution in [2.75, 3.05) is 7.11 Å². The Labute approximate surface area is 117 Å². The van der Waals surface area contributed by atoms with Gasteiger partial charge in [-0.25, -0.2) is 4.79 Å². The van der Waals surface area contributed by atoms with Gasteiger partial charge in [-0.15, -0.1) is 0 Å². The van der Waals surface area contributed by atoms with E-state index in [1.54, 1.807) is 31.4 Å². The van der Waals surface area contributed by atoms with Crippen molar-refractivity contribution >= 4 is 5.97 Å². The van der Waals surface area contributed by atoms with Crippen LogP contribution in [0.1, 0.15) is 21.5 Å². The number of hydrogen-bond acceptors (Lipinski definition) is 3. The van der Waals surface area contributed by atoms with E-state index >= 15 is 0 Å². The molecule has 0 bridgehead atoms. The average Bonchev–Trinajstić information content (AvgIpc) is 2.48. The lowest BCUT2D eigenvalue weighted by Crippen LogP contribution is -1.98. The summed E-state index contributed by atoms with van der Waals surface area (Å²) in [6.45, 7) is 0.926. The van der Waals surface area contributed by atoms with E-state index in [4.69, 9.17) is 14.6 Å². The van der Waals surface area contributed by atoms with Gasteiger partial charge < -0.3 is 14.6 Å². The van der Waals surface area contributed by atoms with Crippen LogP contribution in [0.25, 0.3) is 0 Å². The predicted octanol–water partition coefficient (Wildman–Crippen LogP) is 3.11.